The fourth-order valence-electron chi connectivity index (χ4n) is 1.83. The number of anilines is 2. The molecule has 0 aliphatic rings. The summed E-state index contributed by atoms with van der Waals surface area (Å²) in [5, 5.41) is 5.52. The van der Waals surface area contributed by atoms with Gasteiger partial charge in [-0.15, -0.1) is 0 Å². The van der Waals surface area contributed by atoms with Crippen molar-refractivity contribution in [3.05, 3.63) is 60.2 Å². The third-order valence-electron chi connectivity index (χ3n) is 2.97. The molecule has 0 bridgehead atoms. The predicted molar refractivity (Wildman–Crippen MR) is 84.1 cm³/mol. The lowest BCUT2D eigenvalue weighted by Crippen LogP contribution is -2.17. The maximum atomic E-state index is 11.8. The summed E-state index contributed by atoms with van der Waals surface area (Å²) in [6, 6.07) is 16.7. The molecule has 2 N–H and O–H groups in total. The molecule has 2 rings (SSSR count). The Morgan fingerprint density at radius 1 is 0.762 bits per heavy atom. The van der Waals surface area contributed by atoms with Crippen molar-refractivity contribution >= 4 is 23.2 Å². The standard InChI is InChI=1S/C17H18N2O2/c1-13-7-9-15(10-8-13)19-17(21)12-11-16(20)18-14-5-3-2-4-6-14/h2-10H,11-12H2,1H3,(H,18,20)(H,19,21). The molecule has 0 spiro atoms. The normalized spacial score (nSPS) is 9.95. The van der Waals surface area contributed by atoms with E-state index < -0.39 is 0 Å². The van der Waals surface area contributed by atoms with Gasteiger partial charge in [0.1, 0.15) is 0 Å². The van der Waals surface area contributed by atoms with Gasteiger partial charge in [0.25, 0.3) is 0 Å². The van der Waals surface area contributed by atoms with Crippen molar-refractivity contribution in [2.75, 3.05) is 10.6 Å². The summed E-state index contributed by atoms with van der Waals surface area (Å²) in [5.74, 6) is -0.331. The zero-order chi connectivity index (χ0) is 15.1. The molecule has 2 aromatic rings. The van der Waals surface area contributed by atoms with Crippen molar-refractivity contribution in [3.63, 3.8) is 0 Å². The maximum Gasteiger partial charge on any atom is 0.224 e. The molecule has 0 aromatic heterocycles. The average Bonchev–Trinajstić information content (AvgIpc) is 2.49. The Hall–Kier alpha value is -2.62. The number of rotatable bonds is 5. The molecule has 0 atom stereocenters. The number of hydrogen-bond donors (Lipinski definition) is 2. The van der Waals surface area contributed by atoms with Crippen LogP contribution in [0, 0.1) is 6.92 Å². The molecule has 0 fully saturated rings. The molecule has 2 amide bonds. The van der Waals surface area contributed by atoms with Gasteiger partial charge in [0.15, 0.2) is 0 Å². The van der Waals surface area contributed by atoms with Crippen LogP contribution in [0.15, 0.2) is 54.6 Å². The number of benzene rings is 2. The largest absolute Gasteiger partial charge is 0.326 e. The highest BCUT2D eigenvalue weighted by atomic mass is 16.2. The minimum Gasteiger partial charge on any atom is -0.326 e. The van der Waals surface area contributed by atoms with Crippen LogP contribution in [-0.2, 0) is 9.59 Å². The summed E-state index contributed by atoms with van der Waals surface area (Å²) >= 11 is 0. The van der Waals surface area contributed by atoms with E-state index in [1.807, 2.05) is 61.5 Å². The number of aryl methyl sites for hydroxylation is 1. The summed E-state index contributed by atoms with van der Waals surface area (Å²) in [6.07, 6.45) is 0.319. The zero-order valence-corrected chi connectivity index (χ0v) is 11.9. The van der Waals surface area contributed by atoms with Gasteiger partial charge in [-0.1, -0.05) is 35.9 Å². The van der Waals surface area contributed by atoms with Crippen molar-refractivity contribution in [3.8, 4) is 0 Å². The number of carbonyl (C=O) groups is 2. The second-order valence-corrected chi connectivity index (χ2v) is 4.83. The Balaban J connectivity index is 1.76. The first-order valence-electron chi connectivity index (χ1n) is 6.85. The number of amides is 2. The quantitative estimate of drug-likeness (QED) is 0.883. The van der Waals surface area contributed by atoms with E-state index in [1.54, 1.807) is 0 Å². The van der Waals surface area contributed by atoms with E-state index in [4.69, 9.17) is 0 Å². The minimum absolute atomic E-state index is 0.159. The topological polar surface area (TPSA) is 58.2 Å². The summed E-state index contributed by atoms with van der Waals surface area (Å²) in [6.45, 7) is 1.99. The SMILES string of the molecule is Cc1ccc(NC(=O)CCC(=O)Nc2ccccc2)cc1. The van der Waals surface area contributed by atoms with Crippen molar-refractivity contribution in [2.45, 2.75) is 19.8 Å². The average molecular weight is 282 g/mol. The molecule has 0 heterocycles. The van der Waals surface area contributed by atoms with E-state index in [9.17, 15) is 9.59 Å². The Kier molecular flexibility index (Phi) is 5.10. The van der Waals surface area contributed by atoms with Crippen LogP contribution in [0.2, 0.25) is 0 Å². The summed E-state index contributed by atoms with van der Waals surface area (Å²) in [7, 11) is 0. The van der Waals surface area contributed by atoms with Gasteiger partial charge in [-0.05, 0) is 31.2 Å². The van der Waals surface area contributed by atoms with E-state index in [1.165, 1.54) is 0 Å². The van der Waals surface area contributed by atoms with Crippen LogP contribution in [0.4, 0.5) is 11.4 Å². The van der Waals surface area contributed by atoms with Gasteiger partial charge >= 0.3 is 0 Å². The maximum absolute atomic E-state index is 11.8. The molecule has 0 saturated carbocycles. The molecule has 108 valence electrons. The number of carbonyl (C=O) groups excluding carboxylic acids is 2. The lowest BCUT2D eigenvalue weighted by atomic mass is 10.2. The van der Waals surface area contributed by atoms with Crippen LogP contribution in [0.5, 0.6) is 0 Å². The third kappa shape index (κ3) is 5.10. The Morgan fingerprint density at radius 2 is 1.24 bits per heavy atom. The molecule has 21 heavy (non-hydrogen) atoms. The summed E-state index contributed by atoms with van der Waals surface area (Å²) in [5.41, 5.74) is 2.62. The highest BCUT2D eigenvalue weighted by molar-refractivity contribution is 5.96. The molecular weight excluding hydrogens is 264 g/mol. The first-order chi connectivity index (χ1) is 10.1. The van der Waals surface area contributed by atoms with Gasteiger partial charge in [0, 0.05) is 24.2 Å². The van der Waals surface area contributed by atoms with Crippen LogP contribution in [0.1, 0.15) is 18.4 Å². The molecule has 0 radical (unpaired) electrons. The van der Waals surface area contributed by atoms with E-state index in [0.29, 0.717) is 0 Å². The second-order valence-electron chi connectivity index (χ2n) is 4.83. The van der Waals surface area contributed by atoms with E-state index in [0.717, 1.165) is 16.9 Å². The first kappa shape index (κ1) is 14.8. The highest BCUT2D eigenvalue weighted by Gasteiger charge is 2.07. The second kappa shape index (κ2) is 7.24. The summed E-state index contributed by atoms with van der Waals surface area (Å²) in [4.78, 5) is 23.5. The molecule has 0 aliphatic carbocycles. The van der Waals surface area contributed by atoms with Crippen LogP contribution < -0.4 is 10.6 Å². The van der Waals surface area contributed by atoms with Crippen molar-refractivity contribution in [1.82, 2.24) is 0 Å². The molecule has 0 saturated heterocycles. The van der Waals surface area contributed by atoms with Gasteiger partial charge in [-0.25, -0.2) is 0 Å². The van der Waals surface area contributed by atoms with Gasteiger partial charge < -0.3 is 10.6 Å². The lowest BCUT2D eigenvalue weighted by Gasteiger charge is -2.06. The Bertz CT molecular complexity index is 606. The predicted octanol–water partition coefficient (Wildman–Crippen LogP) is 3.35. The molecule has 0 unspecified atom stereocenters. The van der Waals surface area contributed by atoms with Gasteiger partial charge in [0.2, 0.25) is 11.8 Å². The number of nitrogens with one attached hydrogen (secondary N) is 2. The van der Waals surface area contributed by atoms with E-state index >= 15 is 0 Å². The molecule has 2 aromatic carbocycles. The smallest absolute Gasteiger partial charge is 0.224 e. The fourth-order valence-corrected chi connectivity index (χ4v) is 1.83. The fraction of sp³-hybridized carbons (Fsp3) is 0.176. The van der Waals surface area contributed by atoms with E-state index in [-0.39, 0.29) is 24.7 Å². The van der Waals surface area contributed by atoms with Gasteiger partial charge in [0.05, 0.1) is 0 Å². The summed E-state index contributed by atoms with van der Waals surface area (Å²) < 4.78 is 0. The Morgan fingerprint density at radius 3 is 1.76 bits per heavy atom. The van der Waals surface area contributed by atoms with Crippen molar-refractivity contribution < 1.29 is 9.59 Å². The zero-order valence-electron chi connectivity index (χ0n) is 11.9. The van der Waals surface area contributed by atoms with Gasteiger partial charge in [-0.3, -0.25) is 9.59 Å². The Labute approximate surface area is 124 Å². The van der Waals surface area contributed by atoms with Crippen molar-refractivity contribution in [1.29, 1.82) is 0 Å². The molecular formula is C17H18N2O2. The van der Waals surface area contributed by atoms with Crippen LogP contribution >= 0.6 is 0 Å². The van der Waals surface area contributed by atoms with Gasteiger partial charge in [-0.2, -0.15) is 0 Å². The number of hydrogen-bond acceptors (Lipinski definition) is 2. The third-order valence-corrected chi connectivity index (χ3v) is 2.97. The molecule has 4 nitrogen and oxygen atoms in total. The first-order valence-corrected chi connectivity index (χ1v) is 6.85. The molecule has 4 heteroatoms. The number of para-hydroxylation sites is 1. The highest BCUT2D eigenvalue weighted by Crippen LogP contribution is 2.10. The lowest BCUT2D eigenvalue weighted by molar-refractivity contribution is -0.121. The monoisotopic (exact) mass is 282 g/mol. The van der Waals surface area contributed by atoms with Crippen LogP contribution in [0.3, 0.4) is 0 Å². The van der Waals surface area contributed by atoms with Crippen molar-refractivity contribution in [2.24, 2.45) is 0 Å². The molecule has 0 aliphatic heterocycles. The van der Waals surface area contributed by atoms with E-state index in [2.05, 4.69) is 10.6 Å². The van der Waals surface area contributed by atoms with Crippen LogP contribution in [0.25, 0.3) is 0 Å². The van der Waals surface area contributed by atoms with Crippen LogP contribution in [-0.4, -0.2) is 11.8 Å². The minimum atomic E-state index is -0.166.